The van der Waals surface area contributed by atoms with E-state index in [2.05, 4.69) is 68.2 Å². The molecule has 0 spiro atoms. The van der Waals surface area contributed by atoms with Gasteiger partial charge in [-0.2, -0.15) is 0 Å². The van der Waals surface area contributed by atoms with Gasteiger partial charge in [-0.3, -0.25) is 0 Å². The molecule has 0 amide bonds. The summed E-state index contributed by atoms with van der Waals surface area (Å²) >= 11 is 0. The van der Waals surface area contributed by atoms with Crippen molar-refractivity contribution in [3.8, 4) is 11.8 Å². The fraction of sp³-hybridized carbons (Fsp3) is 0.538. The van der Waals surface area contributed by atoms with E-state index in [1.54, 1.807) is 0 Å². The lowest BCUT2D eigenvalue weighted by Crippen LogP contribution is -2.32. The summed E-state index contributed by atoms with van der Waals surface area (Å²) in [5.74, 6) is 8.53. The second-order valence-electron chi connectivity index (χ2n) is 8.30. The maximum absolute atomic E-state index is 3.37. The van der Waals surface area contributed by atoms with Crippen LogP contribution in [0, 0.1) is 29.1 Å². The second kappa shape index (κ2) is 9.27. The zero-order valence-corrected chi connectivity index (χ0v) is 16.6. The molecule has 1 aromatic rings. The summed E-state index contributed by atoms with van der Waals surface area (Å²) in [6.07, 6.45) is 19.6. The first-order valence-electron chi connectivity index (χ1n) is 10.7. The zero-order chi connectivity index (χ0) is 18.2. The maximum atomic E-state index is 3.37. The Bertz CT molecular complexity index is 674. The molecule has 0 N–H and O–H groups in total. The standard InChI is InChI=1S/C26H34/c1-3-8-22-13-15-25(16-14-22)26(19-4-2)20-17-24(18-21-26)12-11-23-9-6-5-7-10-23/h5-7,9-10,17-18,20,22,25H,3-4,8,13-16,19,21H2,1-2H3/t22-,25-,26?. The molecule has 0 saturated heterocycles. The topological polar surface area (TPSA) is 0 Å². The summed E-state index contributed by atoms with van der Waals surface area (Å²) in [6, 6.07) is 10.3. The molecule has 3 rings (SSSR count). The van der Waals surface area contributed by atoms with Crippen LogP contribution in [0.5, 0.6) is 0 Å². The van der Waals surface area contributed by atoms with Gasteiger partial charge in [0.1, 0.15) is 0 Å². The SMILES string of the molecule is CCCC1([C@H]2CC[C@H](CCC)CC2)C=CC(C#Cc2ccccc2)=CC1. The lowest BCUT2D eigenvalue weighted by atomic mass is 9.61. The largest absolute Gasteiger partial charge is 0.0765 e. The predicted molar refractivity (Wildman–Crippen MR) is 113 cm³/mol. The Labute approximate surface area is 160 Å². The van der Waals surface area contributed by atoms with Crippen molar-refractivity contribution in [3.63, 3.8) is 0 Å². The van der Waals surface area contributed by atoms with Crippen LogP contribution in [0.1, 0.15) is 77.2 Å². The summed E-state index contributed by atoms with van der Waals surface area (Å²) in [5, 5.41) is 0. The number of benzene rings is 1. The molecule has 0 heterocycles. The van der Waals surface area contributed by atoms with Gasteiger partial charge in [0.05, 0.1) is 0 Å². The van der Waals surface area contributed by atoms with Crippen molar-refractivity contribution in [2.24, 2.45) is 17.3 Å². The van der Waals surface area contributed by atoms with E-state index in [-0.39, 0.29) is 0 Å². The van der Waals surface area contributed by atoms with Crippen molar-refractivity contribution in [2.45, 2.75) is 71.6 Å². The van der Waals surface area contributed by atoms with Crippen LogP contribution in [-0.2, 0) is 0 Å². The molecule has 1 fully saturated rings. The molecule has 0 aromatic heterocycles. The van der Waals surface area contributed by atoms with Crippen molar-refractivity contribution in [1.82, 2.24) is 0 Å². The Hall–Kier alpha value is -1.74. The van der Waals surface area contributed by atoms with E-state index in [9.17, 15) is 0 Å². The Morgan fingerprint density at radius 2 is 1.73 bits per heavy atom. The van der Waals surface area contributed by atoms with Crippen LogP contribution in [0.15, 0.2) is 54.1 Å². The third-order valence-electron chi connectivity index (χ3n) is 6.49. The summed E-state index contributed by atoms with van der Waals surface area (Å²) in [4.78, 5) is 0. The highest BCUT2D eigenvalue weighted by atomic mass is 14.4. The number of hydrogen-bond acceptors (Lipinski definition) is 0. The van der Waals surface area contributed by atoms with Crippen molar-refractivity contribution in [3.05, 3.63) is 59.7 Å². The summed E-state index contributed by atoms with van der Waals surface area (Å²) < 4.78 is 0. The normalized spacial score (nSPS) is 28.2. The first kappa shape index (κ1) is 19.0. The molecule has 0 radical (unpaired) electrons. The average molecular weight is 347 g/mol. The average Bonchev–Trinajstić information content (AvgIpc) is 2.69. The third kappa shape index (κ3) is 4.70. The van der Waals surface area contributed by atoms with E-state index in [1.807, 2.05) is 6.07 Å². The minimum absolute atomic E-state index is 0.393. The van der Waals surface area contributed by atoms with Crippen molar-refractivity contribution in [1.29, 1.82) is 0 Å². The molecule has 1 unspecified atom stereocenters. The Morgan fingerprint density at radius 3 is 2.35 bits per heavy atom. The van der Waals surface area contributed by atoms with E-state index in [4.69, 9.17) is 0 Å². The number of allylic oxidation sites excluding steroid dienone is 4. The number of hydrogen-bond donors (Lipinski definition) is 0. The molecule has 0 heteroatoms. The van der Waals surface area contributed by atoms with Crippen LogP contribution in [0.25, 0.3) is 0 Å². The molecule has 0 nitrogen and oxygen atoms in total. The van der Waals surface area contributed by atoms with E-state index < -0.39 is 0 Å². The summed E-state index contributed by atoms with van der Waals surface area (Å²) in [6.45, 7) is 4.67. The van der Waals surface area contributed by atoms with Gasteiger partial charge >= 0.3 is 0 Å². The van der Waals surface area contributed by atoms with Crippen LogP contribution < -0.4 is 0 Å². The van der Waals surface area contributed by atoms with Gasteiger partial charge in [0.15, 0.2) is 0 Å². The fourth-order valence-electron chi connectivity index (χ4n) is 5.04. The van der Waals surface area contributed by atoms with Gasteiger partial charge in [0.2, 0.25) is 0 Å². The minimum Gasteiger partial charge on any atom is -0.0765 e. The quantitative estimate of drug-likeness (QED) is 0.490. The maximum Gasteiger partial charge on any atom is 0.0249 e. The van der Waals surface area contributed by atoms with Gasteiger partial charge in [-0.25, -0.2) is 0 Å². The first-order chi connectivity index (χ1) is 12.8. The highest BCUT2D eigenvalue weighted by Crippen LogP contribution is 2.49. The molecule has 0 bridgehead atoms. The first-order valence-corrected chi connectivity index (χ1v) is 10.7. The smallest absolute Gasteiger partial charge is 0.0249 e. The Balaban J connectivity index is 1.66. The molecule has 138 valence electrons. The van der Waals surface area contributed by atoms with Gasteiger partial charge in [-0.1, -0.05) is 94.2 Å². The van der Waals surface area contributed by atoms with Crippen LogP contribution in [0.3, 0.4) is 0 Å². The van der Waals surface area contributed by atoms with E-state index >= 15 is 0 Å². The highest BCUT2D eigenvalue weighted by molar-refractivity contribution is 5.46. The van der Waals surface area contributed by atoms with Crippen molar-refractivity contribution >= 4 is 0 Å². The van der Waals surface area contributed by atoms with Gasteiger partial charge in [0.25, 0.3) is 0 Å². The van der Waals surface area contributed by atoms with Crippen LogP contribution in [0.4, 0.5) is 0 Å². The predicted octanol–water partition coefficient (Wildman–Crippen LogP) is 7.32. The molecule has 1 aromatic carbocycles. The molecule has 1 saturated carbocycles. The van der Waals surface area contributed by atoms with Gasteiger partial charge < -0.3 is 0 Å². The summed E-state index contributed by atoms with van der Waals surface area (Å²) in [7, 11) is 0. The Kier molecular flexibility index (Phi) is 6.79. The number of rotatable bonds is 5. The minimum atomic E-state index is 0.393. The van der Waals surface area contributed by atoms with E-state index in [1.165, 1.54) is 63.4 Å². The van der Waals surface area contributed by atoms with Gasteiger partial charge in [0, 0.05) is 11.1 Å². The second-order valence-corrected chi connectivity index (χ2v) is 8.30. The highest BCUT2D eigenvalue weighted by Gasteiger charge is 2.38. The van der Waals surface area contributed by atoms with Crippen molar-refractivity contribution in [2.75, 3.05) is 0 Å². The van der Waals surface area contributed by atoms with Gasteiger partial charge in [-0.15, -0.1) is 0 Å². The molecule has 1 atom stereocenters. The van der Waals surface area contributed by atoms with E-state index in [0.29, 0.717) is 5.41 Å². The van der Waals surface area contributed by atoms with Crippen LogP contribution in [0.2, 0.25) is 0 Å². The van der Waals surface area contributed by atoms with Crippen LogP contribution >= 0.6 is 0 Å². The lowest BCUT2D eigenvalue weighted by Gasteiger charge is -2.43. The third-order valence-corrected chi connectivity index (χ3v) is 6.49. The fourth-order valence-corrected chi connectivity index (χ4v) is 5.04. The molecule has 2 aliphatic carbocycles. The molecular weight excluding hydrogens is 312 g/mol. The molecule has 2 aliphatic rings. The Morgan fingerprint density at radius 1 is 0.962 bits per heavy atom. The zero-order valence-electron chi connectivity index (χ0n) is 16.6. The lowest BCUT2D eigenvalue weighted by molar-refractivity contribution is 0.129. The summed E-state index contributed by atoms with van der Waals surface area (Å²) in [5.41, 5.74) is 2.69. The molecule has 0 aliphatic heterocycles. The van der Waals surface area contributed by atoms with E-state index in [0.717, 1.165) is 17.4 Å². The van der Waals surface area contributed by atoms with Crippen molar-refractivity contribution < 1.29 is 0 Å². The van der Waals surface area contributed by atoms with Gasteiger partial charge in [-0.05, 0) is 55.1 Å². The molecular formula is C26H34. The monoisotopic (exact) mass is 346 g/mol. The van der Waals surface area contributed by atoms with Crippen LogP contribution in [-0.4, -0.2) is 0 Å². The molecule has 26 heavy (non-hydrogen) atoms.